The van der Waals surface area contributed by atoms with Gasteiger partial charge in [-0.2, -0.15) is 0 Å². The minimum atomic E-state index is -0.582. The van der Waals surface area contributed by atoms with E-state index in [-0.39, 0.29) is 24.3 Å². The summed E-state index contributed by atoms with van der Waals surface area (Å²) in [5, 5.41) is 0. The fraction of sp³-hybridized carbons (Fsp3) is 0.409. The predicted octanol–water partition coefficient (Wildman–Crippen LogP) is 10.8. The van der Waals surface area contributed by atoms with Crippen molar-refractivity contribution in [3.8, 4) is 0 Å². The highest BCUT2D eigenvalue weighted by Crippen LogP contribution is 2.15. The molecule has 0 fully saturated rings. The van der Waals surface area contributed by atoms with Crippen LogP contribution in [0.25, 0.3) is 0 Å². The lowest BCUT2D eigenvalue weighted by Crippen LogP contribution is -2.15. The Morgan fingerprint density at radius 1 is 0.423 bits per heavy atom. The molecule has 0 amide bonds. The van der Waals surface area contributed by atoms with Gasteiger partial charge in [0.15, 0.2) is 0 Å². The molecule has 0 heterocycles. The number of benzene rings is 3. The van der Waals surface area contributed by atoms with Gasteiger partial charge in [-0.15, -0.1) is 0 Å². The van der Waals surface area contributed by atoms with Crippen molar-refractivity contribution in [3.63, 3.8) is 0 Å². The lowest BCUT2D eigenvalue weighted by atomic mass is 10.1. The van der Waals surface area contributed by atoms with Crippen molar-refractivity contribution in [2.45, 2.75) is 90.9 Å². The van der Waals surface area contributed by atoms with E-state index in [4.69, 9.17) is 18.9 Å². The molecule has 0 atom stereocenters. The van der Waals surface area contributed by atoms with E-state index in [1.807, 2.05) is 36.4 Å². The second-order valence-corrected chi connectivity index (χ2v) is 11.8. The highest BCUT2D eigenvalue weighted by atomic mass is 16.5. The maximum Gasteiger partial charge on any atom is 0.339 e. The van der Waals surface area contributed by atoms with E-state index in [0.717, 1.165) is 25.7 Å². The lowest BCUT2D eigenvalue weighted by Gasteiger charge is -2.10. The molecule has 3 aromatic carbocycles. The maximum absolute atomic E-state index is 12.4. The predicted molar refractivity (Wildman–Crippen MR) is 208 cm³/mol. The van der Waals surface area contributed by atoms with Crippen molar-refractivity contribution in [3.05, 3.63) is 132 Å². The molecule has 0 aliphatic carbocycles. The zero-order valence-corrected chi connectivity index (χ0v) is 31.2. The van der Waals surface area contributed by atoms with Gasteiger partial charge in [-0.1, -0.05) is 164 Å². The Hall–Kier alpha value is -4.98. The summed E-state index contributed by atoms with van der Waals surface area (Å²) in [6, 6.07) is 25.1. The van der Waals surface area contributed by atoms with Gasteiger partial charge >= 0.3 is 23.9 Å². The quantitative estimate of drug-likeness (QED) is 0.0438. The highest BCUT2D eigenvalue weighted by Gasteiger charge is 2.19. The molecule has 3 rings (SSSR count). The Balaban J connectivity index is 0.000000475. The molecule has 0 aliphatic heterocycles. The van der Waals surface area contributed by atoms with Crippen molar-refractivity contribution < 1.29 is 38.1 Å². The molecule has 0 unspecified atom stereocenters. The van der Waals surface area contributed by atoms with Crippen LogP contribution in [0.5, 0.6) is 0 Å². The summed E-state index contributed by atoms with van der Waals surface area (Å²) in [5.41, 5.74) is 0.935. The zero-order chi connectivity index (χ0) is 38.1. The molecule has 8 nitrogen and oxygen atoms in total. The fourth-order valence-corrected chi connectivity index (χ4v) is 4.74. The van der Waals surface area contributed by atoms with E-state index in [9.17, 15) is 19.2 Å². The molecule has 0 spiro atoms. The molecule has 8 heteroatoms. The van der Waals surface area contributed by atoms with E-state index in [2.05, 4.69) is 27.0 Å². The number of hydrogen-bond donors (Lipinski definition) is 0. The van der Waals surface area contributed by atoms with Crippen LogP contribution in [0.15, 0.2) is 110 Å². The van der Waals surface area contributed by atoms with Crippen molar-refractivity contribution in [1.29, 1.82) is 0 Å². The number of ether oxygens (including phenoxy) is 4. The van der Waals surface area contributed by atoms with Gasteiger partial charge < -0.3 is 18.9 Å². The summed E-state index contributed by atoms with van der Waals surface area (Å²) in [5.74, 6) is -2.05. The summed E-state index contributed by atoms with van der Waals surface area (Å²) in [6.45, 7) is 12.2. The minimum Gasteiger partial charge on any atom is -0.462 e. The minimum absolute atomic E-state index is 0.0921. The number of unbranched alkanes of at least 4 members (excludes halogenated alkanes) is 10. The van der Waals surface area contributed by atoms with Crippen LogP contribution < -0.4 is 0 Å². The van der Waals surface area contributed by atoms with Crippen LogP contribution in [0, 0.1) is 0 Å². The van der Waals surface area contributed by atoms with Crippen molar-refractivity contribution >= 4 is 23.9 Å². The third kappa shape index (κ3) is 20.6. The van der Waals surface area contributed by atoms with E-state index in [0.29, 0.717) is 24.3 Å². The van der Waals surface area contributed by atoms with Crippen molar-refractivity contribution in [1.82, 2.24) is 0 Å². The molecule has 0 aromatic heterocycles. The number of hydrogen-bond acceptors (Lipinski definition) is 8. The first-order chi connectivity index (χ1) is 25.4. The van der Waals surface area contributed by atoms with Gasteiger partial charge in [-0.25, -0.2) is 19.2 Å². The molecule has 0 aliphatic rings. The largest absolute Gasteiger partial charge is 0.462 e. The van der Waals surface area contributed by atoms with Crippen LogP contribution in [-0.4, -0.2) is 50.3 Å². The topological polar surface area (TPSA) is 105 Å². The summed E-state index contributed by atoms with van der Waals surface area (Å²) >= 11 is 0. The first kappa shape index (κ1) is 45.0. The molecule has 0 saturated heterocycles. The third-order valence-electron chi connectivity index (χ3n) is 7.53. The average Bonchev–Trinajstić information content (AvgIpc) is 3.19. The van der Waals surface area contributed by atoms with E-state index >= 15 is 0 Å². The molecule has 0 N–H and O–H groups in total. The summed E-state index contributed by atoms with van der Waals surface area (Å²) < 4.78 is 20.5. The molecule has 52 heavy (non-hydrogen) atoms. The van der Waals surface area contributed by atoms with Crippen molar-refractivity contribution in [2.24, 2.45) is 0 Å². The zero-order valence-electron chi connectivity index (χ0n) is 31.2. The van der Waals surface area contributed by atoms with Crippen LogP contribution in [0.2, 0.25) is 0 Å². The molecule has 0 radical (unpaired) electrons. The van der Waals surface area contributed by atoms with Gasteiger partial charge in [0, 0.05) is 0 Å². The Morgan fingerprint density at radius 3 is 0.981 bits per heavy atom. The van der Waals surface area contributed by atoms with Crippen LogP contribution in [-0.2, 0) is 18.9 Å². The Bertz CT molecular complexity index is 1310. The SMILES string of the molecule is C=CCOC(=O)c1ccccc1C(=O)OCC=C.CCCCCCCCOC(=O)c1ccccc1C(=O)OCCCCCCCC.c1ccccc1. The summed E-state index contributed by atoms with van der Waals surface area (Å²) in [4.78, 5) is 48.1. The van der Waals surface area contributed by atoms with Gasteiger partial charge in [-0.3, -0.25) is 0 Å². The fourth-order valence-electron chi connectivity index (χ4n) is 4.74. The normalized spacial score (nSPS) is 9.88. The van der Waals surface area contributed by atoms with Gasteiger partial charge in [0.05, 0.1) is 35.5 Å². The number of carbonyl (C=O) groups is 4. The number of carbonyl (C=O) groups excluding carboxylic acids is 4. The first-order valence-electron chi connectivity index (χ1n) is 18.5. The molecule has 0 bridgehead atoms. The van der Waals surface area contributed by atoms with Crippen LogP contribution >= 0.6 is 0 Å². The molecule has 282 valence electrons. The summed E-state index contributed by atoms with van der Waals surface area (Å²) in [6.07, 6.45) is 16.5. The molecule has 3 aromatic rings. The molecular formula is C44H58O8. The first-order valence-corrected chi connectivity index (χ1v) is 18.5. The van der Waals surface area contributed by atoms with Crippen LogP contribution in [0.3, 0.4) is 0 Å². The number of rotatable bonds is 22. The van der Waals surface area contributed by atoms with Gasteiger partial charge in [0.25, 0.3) is 0 Å². The Kier molecular flexibility index (Phi) is 26.7. The smallest absolute Gasteiger partial charge is 0.339 e. The van der Waals surface area contributed by atoms with E-state index in [1.165, 1.54) is 75.7 Å². The van der Waals surface area contributed by atoms with E-state index in [1.54, 1.807) is 36.4 Å². The lowest BCUT2D eigenvalue weighted by molar-refractivity contribution is 0.0450. The van der Waals surface area contributed by atoms with Crippen molar-refractivity contribution in [2.75, 3.05) is 26.4 Å². The summed E-state index contributed by atoms with van der Waals surface area (Å²) in [7, 11) is 0. The Morgan fingerprint density at radius 2 is 0.692 bits per heavy atom. The molecular weight excluding hydrogens is 656 g/mol. The maximum atomic E-state index is 12.4. The second-order valence-electron chi connectivity index (χ2n) is 11.8. The van der Waals surface area contributed by atoms with Gasteiger partial charge in [-0.05, 0) is 37.1 Å². The van der Waals surface area contributed by atoms with Crippen LogP contribution in [0.4, 0.5) is 0 Å². The third-order valence-corrected chi connectivity index (χ3v) is 7.53. The highest BCUT2D eigenvalue weighted by molar-refractivity contribution is 6.03. The van der Waals surface area contributed by atoms with Gasteiger partial charge in [0.1, 0.15) is 13.2 Å². The van der Waals surface area contributed by atoms with Gasteiger partial charge in [0.2, 0.25) is 0 Å². The van der Waals surface area contributed by atoms with Crippen LogP contribution in [0.1, 0.15) is 132 Å². The second kappa shape index (κ2) is 30.8. The van der Waals surface area contributed by atoms with E-state index < -0.39 is 23.9 Å². The average molecular weight is 715 g/mol. The molecule has 0 saturated carbocycles. The monoisotopic (exact) mass is 714 g/mol. The number of esters is 4. The standard InChI is InChI=1S/C24H38O4.C14H14O4.C6H6/c1-3-5-7-9-11-15-19-27-23(25)21-17-13-14-18-22(21)24(26)28-20-16-12-10-8-6-4-2;1-3-9-17-13(15)11-7-5-6-8-12(11)14(16)18-10-4-2;1-2-4-6-5-3-1/h13-14,17-18H,3-12,15-16,19-20H2,1-2H3;3-8H,1-2,9-10H2;1-6H. The Labute approximate surface area is 311 Å².